The smallest absolute Gasteiger partial charge is 0.227 e. The number of aryl methyl sites for hydroxylation is 2. The number of carbonyl (C=O) groups excluding carboxylic acids is 1. The number of anilines is 1. The molecular weight excluding hydrogens is 364 g/mol. The predicted octanol–water partition coefficient (Wildman–Crippen LogP) is 1.55. The van der Waals surface area contributed by atoms with Crippen LogP contribution < -0.4 is 4.90 Å². The van der Waals surface area contributed by atoms with Crippen molar-refractivity contribution in [3.05, 3.63) is 17.5 Å². The average Bonchev–Trinajstić information content (AvgIpc) is 2.73. The van der Waals surface area contributed by atoms with Crippen LogP contribution in [0.25, 0.3) is 0 Å². The molecule has 7 heteroatoms. The standard InChI is InChI=1S/C22H36N6O/c1-17-15-18(2)24-22(23-17)27-9-6-20(7-10-27)28-8-4-5-19(16-28)21(29)26-13-11-25(3)12-14-26/h15,19-20H,4-14,16H2,1-3H3/t19-/m0/s1. The van der Waals surface area contributed by atoms with E-state index in [2.05, 4.69) is 36.6 Å². The van der Waals surface area contributed by atoms with E-state index in [0.29, 0.717) is 11.9 Å². The minimum atomic E-state index is 0.188. The second-order valence-electron chi connectivity index (χ2n) is 9.13. The van der Waals surface area contributed by atoms with Crippen molar-refractivity contribution >= 4 is 11.9 Å². The van der Waals surface area contributed by atoms with Crippen LogP contribution in [0.3, 0.4) is 0 Å². The number of carbonyl (C=O) groups is 1. The number of likely N-dealkylation sites (tertiary alicyclic amines) is 1. The SMILES string of the molecule is Cc1cc(C)nc(N2CCC(N3CCC[C@H](C(=O)N4CCN(C)CC4)C3)CC2)n1. The van der Waals surface area contributed by atoms with E-state index < -0.39 is 0 Å². The third-order valence-corrected chi connectivity index (χ3v) is 6.85. The highest BCUT2D eigenvalue weighted by Crippen LogP contribution is 2.26. The van der Waals surface area contributed by atoms with Gasteiger partial charge in [0.1, 0.15) is 0 Å². The van der Waals surface area contributed by atoms with Gasteiger partial charge < -0.3 is 14.7 Å². The molecule has 0 bridgehead atoms. The Balaban J connectivity index is 1.31. The Morgan fingerprint density at radius 2 is 1.59 bits per heavy atom. The molecule has 4 rings (SSSR count). The van der Waals surface area contributed by atoms with Gasteiger partial charge in [-0.05, 0) is 59.2 Å². The number of likely N-dealkylation sites (N-methyl/N-ethyl adjacent to an activating group) is 1. The van der Waals surface area contributed by atoms with Crippen LogP contribution in [0.1, 0.15) is 37.1 Å². The molecule has 0 N–H and O–H groups in total. The first-order chi connectivity index (χ1) is 14.0. The first-order valence-corrected chi connectivity index (χ1v) is 11.3. The molecule has 1 aromatic heterocycles. The van der Waals surface area contributed by atoms with E-state index in [1.54, 1.807) is 0 Å². The largest absolute Gasteiger partial charge is 0.341 e. The van der Waals surface area contributed by atoms with E-state index in [0.717, 1.165) is 95.4 Å². The maximum absolute atomic E-state index is 13.0. The van der Waals surface area contributed by atoms with E-state index >= 15 is 0 Å². The number of piperidine rings is 2. The van der Waals surface area contributed by atoms with Gasteiger partial charge in [0.15, 0.2) is 0 Å². The van der Waals surface area contributed by atoms with Crippen molar-refractivity contribution in [1.82, 2.24) is 24.7 Å². The highest BCUT2D eigenvalue weighted by Gasteiger charge is 2.34. The normalized spacial score (nSPS) is 25.4. The Morgan fingerprint density at radius 1 is 0.931 bits per heavy atom. The molecule has 7 nitrogen and oxygen atoms in total. The summed E-state index contributed by atoms with van der Waals surface area (Å²) in [7, 11) is 2.14. The van der Waals surface area contributed by atoms with Crippen LogP contribution in [0, 0.1) is 19.8 Å². The molecule has 4 heterocycles. The molecule has 3 fully saturated rings. The van der Waals surface area contributed by atoms with Crippen LogP contribution in [-0.2, 0) is 4.79 Å². The molecule has 1 amide bonds. The van der Waals surface area contributed by atoms with Gasteiger partial charge in [-0.25, -0.2) is 9.97 Å². The number of amides is 1. The number of hydrogen-bond acceptors (Lipinski definition) is 6. The maximum Gasteiger partial charge on any atom is 0.227 e. The lowest BCUT2D eigenvalue weighted by Crippen LogP contribution is -2.54. The van der Waals surface area contributed by atoms with Gasteiger partial charge in [0.2, 0.25) is 11.9 Å². The molecule has 1 aromatic rings. The molecule has 0 spiro atoms. The van der Waals surface area contributed by atoms with Gasteiger partial charge in [-0.1, -0.05) is 0 Å². The molecule has 0 aromatic carbocycles. The highest BCUT2D eigenvalue weighted by atomic mass is 16.2. The molecule has 0 aliphatic carbocycles. The predicted molar refractivity (Wildman–Crippen MR) is 115 cm³/mol. The monoisotopic (exact) mass is 400 g/mol. The van der Waals surface area contributed by atoms with Crippen LogP contribution in [-0.4, -0.2) is 96.0 Å². The minimum absolute atomic E-state index is 0.188. The van der Waals surface area contributed by atoms with Crippen LogP contribution in [0.4, 0.5) is 5.95 Å². The quantitative estimate of drug-likeness (QED) is 0.767. The molecule has 160 valence electrons. The van der Waals surface area contributed by atoms with Crippen LogP contribution in [0.15, 0.2) is 6.07 Å². The Labute approximate surface area is 175 Å². The lowest BCUT2D eigenvalue weighted by atomic mass is 9.92. The van der Waals surface area contributed by atoms with Crippen molar-refractivity contribution in [2.45, 2.75) is 45.6 Å². The zero-order chi connectivity index (χ0) is 20.4. The van der Waals surface area contributed by atoms with Gasteiger partial charge in [0.25, 0.3) is 0 Å². The summed E-state index contributed by atoms with van der Waals surface area (Å²) in [6.07, 6.45) is 4.46. The number of rotatable bonds is 3. The summed E-state index contributed by atoms with van der Waals surface area (Å²) in [5.74, 6) is 1.46. The van der Waals surface area contributed by atoms with Gasteiger partial charge in [-0.2, -0.15) is 0 Å². The first kappa shape index (κ1) is 20.5. The number of nitrogens with zero attached hydrogens (tertiary/aromatic N) is 6. The molecule has 1 atom stereocenters. The van der Waals surface area contributed by atoms with Crippen molar-refractivity contribution < 1.29 is 4.79 Å². The van der Waals surface area contributed by atoms with Gasteiger partial charge in [0, 0.05) is 63.2 Å². The van der Waals surface area contributed by atoms with Gasteiger partial charge in [0.05, 0.1) is 5.92 Å². The minimum Gasteiger partial charge on any atom is -0.341 e. The summed E-state index contributed by atoms with van der Waals surface area (Å²) in [6, 6.07) is 2.61. The summed E-state index contributed by atoms with van der Waals surface area (Å²) in [5.41, 5.74) is 2.08. The molecule has 0 unspecified atom stereocenters. The van der Waals surface area contributed by atoms with Gasteiger partial charge >= 0.3 is 0 Å². The lowest BCUT2D eigenvalue weighted by Gasteiger charge is -2.43. The second kappa shape index (κ2) is 8.96. The molecule has 29 heavy (non-hydrogen) atoms. The fourth-order valence-electron chi connectivity index (χ4n) is 5.10. The second-order valence-corrected chi connectivity index (χ2v) is 9.13. The van der Waals surface area contributed by atoms with Crippen molar-refractivity contribution in [3.63, 3.8) is 0 Å². The zero-order valence-corrected chi connectivity index (χ0v) is 18.3. The molecule has 3 aliphatic rings. The van der Waals surface area contributed by atoms with Crippen LogP contribution in [0.5, 0.6) is 0 Å². The third kappa shape index (κ3) is 4.89. The van der Waals surface area contributed by atoms with Crippen molar-refractivity contribution in [1.29, 1.82) is 0 Å². The lowest BCUT2D eigenvalue weighted by molar-refractivity contribution is -0.139. The van der Waals surface area contributed by atoms with E-state index in [4.69, 9.17) is 0 Å². The van der Waals surface area contributed by atoms with Crippen LogP contribution in [0.2, 0.25) is 0 Å². The van der Waals surface area contributed by atoms with E-state index in [1.165, 1.54) is 0 Å². The Hall–Kier alpha value is -1.73. The maximum atomic E-state index is 13.0. The van der Waals surface area contributed by atoms with E-state index in [1.807, 2.05) is 19.9 Å². The van der Waals surface area contributed by atoms with E-state index in [9.17, 15) is 4.79 Å². The first-order valence-electron chi connectivity index (χ1n) is 11.3. The number of piperazine rings is 1. The average molecular weight is 401 g/mol. The number of hydrogen-bond donors (Lipinski definition) is 0. The van der Waals surface area contributed by atoms with Gasteiger partial charge in [-0.15, -0.1) is 0 Å². The van der Waals surface area contributed by atoms with Gasteiger partial charge in [-0.3, -0.25) is 9.69 Å². The Bertz CT molecular complexity index is 689. The fourth-order valence-corrected chi connectivity index (χ4v) is 5.10. The summed E-state index contributed by atoms with van der Waals surface area (Å²) in [6.45, 7) is 11.9. The molecule has 3 aliphatic heterocycles. The topological polar surface area (TPSA) is 55.8 Å². The molecule has 3 saturated heterocycles. The summed E-state index contributed by atoms with van der Waals surface area (Å²) >= 11 is 0. The molecule has 0 radical (unpaired) electrons. The zero-order valence-electron chi connectivity index (χ0n) is 18.3. The molecule has 0 saturated carbocycles. The fraction of sp³-hybridized carbons (Fsp3) is 0.773. The van der Waals surface area contributed by atoms with Crippen molar-refractivity contribution in [2.24, 2.45) is 5.92 Å². The van der Waals surface area contributed by atoms with Crippen LogP contribution >= 0.6 is 0 Å². The third-order valence-electron chi connectivity index (χ3n) is 6.85. The van der Waals surface area contributed by atoms with Crippen molar-refractivity contribution in [3.8, 4) is 0 Å². The molecular formula is C22H36N6O. The highest BCUT2D eigenvalue weighted by molar-refractivity contribution is 5.79. The number of aromatic nitrogens is 2. The summed E-state index contributed by atoms with van der Waals surface area (Å²) < 4.78 is 0. The Kier molecular flexibility index (Phi) is 6.35. The Morgan fingerprint density at radius 3 is 2.24 bits per heavy atom. The summed E-state index contributed by atoms with van der Waals surface area (Å²) in [4.78, 5) is 31.7. The van der Waals surface area contributed by atoms with Crippen molar-refractivity contribution in [2.75, 3.05) is 64.3 Å². The van der Waals surface area contributed by atoms with E-state index in [-0.39, 0.29) is 5.92 Å². The summed E-state index contributed by atoms with van der Waals surface area (Å²) in [5, 5.41) is 0.